The summed E-state index contributed by atoms with van der Waals surface area (Å²) in [6.45, 7) is 4.07. The molecule has 0 radical (unpaired) electrons. The number of carbonyl (C=O) groups is 1. The van der Waals surface area contributed by atoms with Crippen LogP contribution in [0.25, 0.3) is 0 Å². The molecule has 8 heteroatoms. The minimum absolute atomic E-state index is 0.0787. The monoisotopic (exact) mass is 468 g/mol. The Morgan fingerprint density at radius 2 is 1.58 bits per heavy atom. The van der Waals surface area contributed by atoms with Crippen LogP contribution in [0.15, 0.2) is 77.7 Å². The molecule has 0 aliphatic heterocycles. The highest BCUT2D eigenvalue weighted by atomic mass is 32.2. The first-order valence-corrected chi connectivity index (χ1v) is 12.1. The van der Waals surface area contributed by atoms with Gasteiger partial charge in [-0.2, -0.15) is 0 Å². The average Bonchev–Trinajstić information content (AvgIpc) is 2.83. The lowest BCUT2D eigenvalue weighted by molar-refractivity contribution is -0.118. The summed E-state index contributed by atoms with van der Waals surface area (Å²) in [4.78, 5) is 12.4. The van der Waals surface area contributed by atoms with Gasteiger partial charge in [-0.25, -0.2) is 8.42 Å². The van der Waals surface area contributed by atoms with Crippen molar-refractivity contribution in [2.45, 2.75) is 31.1 Å². The van der Waals surface area contributed by atoms with Crippen molar-refractivity contribution in [1.82, 2.24) is 0 Å². The van der Waals surface area contributed by atoms with E-state index in [4.69, 9.17) is 9.47 Å². The van der Waals surface area contributed by atoms with Crippen molar-refractivity contribution < 1.29 is 22.7 Å². The minimum atomic E-state index is -3.77. The Balaban J connectivity index is 1.59. The van der Waals surface area contributed by atoms with Crippen LogP contribution in [-0.2, 0) is 14.8 Å². The zero-order valence-corrected chi connectivity index (χ0v) is 19.7. The van der Waals surface area contributed by atoms with E-state index >= 15 is 0 Å². The number of nitrogens with one attached hydrogen (secondary N) is 2. The molecular formula is C25H28N2O5S. The van der Waals surface area contributed by atoms with Gasteiger partial charge in [0.2, 0.25) is 0 Å². The Labute approximate surface area is 194 Å². The lowest BCUT2D eigenvalue weighted by Gasteiger charge is -2.15. The normalized spacial score (nSPS) is 12.0. The number of ether oxygens (including phenoxy) is 2. The maximum absolute atomic E-state index is 12.6. The highest BCUT2D eigenvalue weighted by molar-refractivity contribution is 7.92. The fourth-order valence-corrected chi connectivity index (χ4v) is 4.23. The zero-order valence-electron chi connectivity index (χ0n) is 18.9. The summed E-state index contributed by atoms with van der Waals surface area (Å²) >= 11 is 0. The topological polar surface area (TPSA) is 93.7 Å². The fraction of sp³-hybridized carbons (Fsp3) is 0.240. The van der Waals surface area contributed by atoms with Gasteiger partial charge in [-0.15, -0.1) is 0 Å². The molecule has 0 bridgehead atoms. The van der Waals surface area contributed by atoms with Crippen molar-refractivity contribution in [3.05, 3.63) is 78.4 Å². The molecule has 0 saturated carbocycles. The molecule has 3 rings (SSSR count). The molecule has 33 heavy (non-hydrogen) atoms. The number of sulfonamides is 1. The van der Waals surface area contributed by atoms with Crippen LogP contribution in [0, 0.1) is 0 Å². The number of rotatable bonds is 10. The Kier molecular flexibility index (Phi) is 7.95. The summed E-state index contributed by atoms with van der Waals surface area (Å²) in [7, 11) is -2.23. The van der Waals surface area contributed by atoms with E-state index in [1.807, 2.05) is 24.3 Å². The van der Waals surface area contributed by atoms with Crippen molar-refractivity contribution in [3.8, 4) is 11.5 Å². The van der Waals surface area contributed by atoms with Crippen molar-refractivity contribution in [1.29, 1.82) is 0 Å². The minimum Gasteiger partial charge on any atom is -0.497 e. The smallest absolute Gasteiger partial charge is 0.262 e. The van der Waals surface area contributed by atoms with E-state index in [1.54, 1.807) is 24.3 Å². The number of anilines is 2. The third-order valence-electron chi connectivity index (χ3n) is 5.21. The van der Waals surface area contributed by atoms with E-state index < -0.39 is 10.0 Å². The molecule has 0 unspecified atom stereocenters. The van der Waals surface area contributed by atoms with Gasteiger partial charge in [-0.05, 0) is 72.5 Å². The molecule has 0 fully saturated rings. The molecule has 0 spiro atoms. The molecule has 0 aromatic heterocycles. The van der Waals surface area contributed by atoms with Gasteiger partial charge in [0.15, 0.2) is 6.61 Å². The fourth-order valence-electron chi connectivity index (χ4n) is 3.17. The molecule has 1 atom stereocenters. The summed E-state index contributed by atoms with van der Waals surface area (Å²) in [5.74, 6) is 1.31. The van der Waals surface area contributed by atoms with Crippen LogP contribution >= 0.6 is 0 Å². The van der Waals surface area contributed by atoms with Gasteiger partial charge in [-0.3, -0.25) is 9.52 Å². The highest BCUT2D eigenvalue weighted by Crippen LogP contribution is 2.28. The van der Waals surface area contributed by atoms with Gasteiger partial charge in [0.05, 0.1) is 12.0 Å². The maximum atomic E-state index is 12.6. The van der Waals surface area contributed by atoms with E-state index in [0.717, 1.165) is 12.0 Å². The number of carbonyl (C=O) groups excluding carboxylic acids is 1. The summed E-state index contributed by atoms with van der Waals surface area (Å²) in [5.41, 5.74) is 1.96. The highest BCUT2D eigenvalue weighted by Gasteiger charge is 2.15. The average molecular weight is 469 g/mol. The Morgan fingerprint density at radius 1 is 0.939 bits per heavy atom. The molecule has 0 aliphatic carbocycles. The number of para-hydroxylation sites is 1. The summed E-state index contributed by atoms with van der Waals surface area (Å²) in [5, 5.41) is 2.72. The van der Waals surface area contributed by atoms with E-state index in [0.29, 0.717) is 28.8 Å². The summed E-state index contributed by atoms with van der Waals surface area (Å²) < 4.78 is 38.5. The van der Waals surface area contributed by atoms with Crippen molar-refractivity contribution >= 4 is 27.3 Å². The Bertz CT molecular complexity index is 1180. The second-order valence-corrected chi connectivity index (χ2v) is 9.22. The molecule has 7 nitrogen and oxygen atoms in total. The van der Waals surface area contributed by atoms with E-state index in [9.17, 15) is 13.2 Å². The van der Waals surface area contributed by atoms with Crippen LogP contribution in [-0.4, -0.2) is 28.0 Å². The molecule has 0 aliphatic rings. The molecule has 3 aromatic rings. The lowest BCUT2D eigenvalue weighted by atomic mass is 9.98. The standard InChI is InChI=1S/C25H28N2O5S/c1-4-18(2)23-7-5-6-8-24(23)32-17-25(28)26-19-11-15-22(16-12-19)33(29,30)27-20-9-13-21(31-3)14-10-20/h5-16,18,27H,4,17H2,1-3H3,(H,26,28)/t18-/m0/s1. The van der Waals surface area contributed by atoms with Crippen molar-refractivity contribution in [2.75, 3.05) is 23.8 Å². The maximum Gasteiger partial charge on any atom is 0.262 e. The molecule has 3 aromatic carbocycles. The van der Waals surface area contributed by atoms with Gasteiger partial charge in [0.1, 0.15) is 11.5 Å². The first-order valence-electron chi connectivity index (χ1n) is 10.6. The molecule has 2 N–H and O–H groups in total. The molecular weight excluding hydrogens is 440 g/mol. The Hall–Kier alpha value is -3.52. The largest absolute Gasteiger partial charge is 0.497 e. The van der Waals surface area contributed by atoms with Crippen LogP contribution in [0.1, 0.15) is 31.7 Å². The van der Waals surface area contributed by atoms with E-state index in [-0.39, 0.29) is 17.4 Å². The molecule has 0 saturated heterocycles. The first kappa shape index (κ1) is 24.1. The predicted octanol–water partition coefficient (Wildman–Crippen LogP) is 5.03. The van der Waals surface area contributed by atoms with Crippen molar-refractivity contribution in [2.24, 2.45) is 0 Å². The zero-order chi connectivity index (χ0) is 23.8. The van der Waals surface area contributed by atoms with Crippen LogP contribution < -0.4 is 19.5 Å². The predicted molar refractivity (Wildman–Crippen MR) is 130 cm³/mol. The number of benzene rings is 3. The third kappa shape index (κ3) is 6.49. The summed E-state index contributed by atoms with van der Waals surface area (Å²) in [6.07, 6.45) is 0.967. The van der Waals surface area contributed by atoms with Crippen LogP contribution in [0.2, 0.25) is 0 Å². The van der Waals surface area contributed by atoms with Crippen molar-refractivity contribution in [3.63, 3.8) is 0 Å². The van der Waals surface area contributed by atoms with E-state index in [2.05, 4.69) is 23.9 Å². The van der Waals surface area contributed by atoms with Gasteiger partial charge in [-0.1, -0.05) is 32.0 Å². The van der Waals surface area contributed by atoms with Crippen LogP contribution in [0.3, 0.4) is 0 Å². The van der Waals surface area contributed by atoms with Crippen LogP contribution in [0.4, 0.5) is 11.4 Å². The Morgan fingerprint density at radius 3 is 2.21 bits per heavy atom. The van der Waals surface area contributed by atoms with E-state index in [1.165, 1.54) is 31.4 Å². The molecule has 174 valence electrons. The molecule has 1 amide bonds. The SMILES string of the molecule is CC[C@H](C)c1ccccc1OCC(=O)Nc1ccc(S(=O)(=O)Nc2ccc(OC)cc2)cc1. The number of hydrogen-bond acceptors (Lipinski definition) is 5. The van der Waals surface area contributed by atoms with Crippen LogP contribution in [0.5, 0.6) is 11.5 Å². The van der Waals surface area contributed by atoms with Gasteiger partial charge < -0.3 is 14.8 Å². The third-order valence-corrected chi connectivity index (χ3v) is 6.61. The number of amides is 1. The number of hydrogen-bond donors (Lipinski definition) is 2. The van der Waals surface area contributed by atoms with Gasteiger partial charge in [0, 0.05) is 11.4 Å². The lowest BCUT2D eigenvalue weighted by Crippen LogP contribution is -2.20. The van der Waals surface area contributed by atoms with Gasteiger partial charge in [0.25, 0.3) is 15.9 Å². The number of methoxy groups -OCH3 is 1. The second kappa shape index (κ2) is 10.9. The van der Waals surface area contributed by atoms with Gasteiger partial charge >= 0.3 is 0 Å². The quantitative estimate of drug-likeness (QED) is 0.435. The first-order chi connectivity index (χ1) is 15.8. The summed E-state index contributed by atoms with van der Waals surface area (Å²) in [6, 6.07) is 20.2. The second-order valence-electron chi connectivity index (χ2n) is 7.54. The molecule has 0 heterocycles.